The van der Waals surface area contributed by atoms with E-state index in [-0.39, 0.29) is 16.5 Å². The van der Waals surface area contributed by atoms with E-state index < -0.39 is 15.6 Å². The van der Waals surface area contributed by atoms with Crippen LogP contribution in [0.3, 0.4) is 0 Å². The normalized spacial score (nSPS) is 11.7. The van der Waals surface area contributed by atoms with E-state index >= 15 is 0 Å². The summed E-state index contributed by atoms with van der Waals surface area (Å²) >= 11 is 5.59. The van der Waals surface area contributed by atoms with Crippen molar-refractivity contribution in [3.8, 4) is 0 Å². The molecule has 2 aromatic heterocycles. The molecule has 0 aliphatic rings. The lowest BCUT2D eigenvalue weighted by Gasteiger charge is -2.05. The molecular formula is C11H11ClN2O4S. The zero-order valence-electron chi connectivity index (χ0n) is 9.94. The highest BCUT2D eigenvalue weighted by atomic mass is 35.5. The van der Waals surface area contributed by atoms with Crippen LogP contribution in [-0.4, -0.2) is 13.4 Å². The van der Waals surface area contributed by atoms with Crippen molar-refractivity contribution in [2.24, 2.45) is 0 Å². The Bertz CT molecular complexity index is 748. The smallest absolute Gasteiger partial charge is 0.266 e. The fraction of sp³-hybridized carbons (Fsp3) is 0.182. The fourth-order valence-corrected chi connectivity index (χ4v) is 2.65. The molecule has 0 unspecified atom stereocenters. The van der Waals surface area contributed by atoms with Crippen molar-refractivity contribution in [2.75, 3.05) is 0 Å². The minimum absolute atomic E-state index is 0.0208. The van der Waals surface area contributed by atoms with Gasteiger partial charge in [-0.25, -0.2) is 13.1 Å². The van der Waals surface area contributed by atoms with E-state index in [1.54, 1.807) is 19.1 Å². The van der Waals surface area contributed by atoms with E-state index in [0.29, 0.717) is 11.5 Å². The summed E-state index contributed by atoms with van der Waals surface area (Å²) in [6.45, 7) is 1.78. The van der Waals surface area contributed by atoms with Crippen LogP contribution in [0, 0.1) is 6.92 Å². The third kappa shape index (κ3) is 3.25. The molecule has 19 heavy (non-hydrogen) atoms. The van der Waals surface area contributed by atoms with Crippen LogP contribution in [0.2, 0.25) is 5.02 Å². The molecule has 2 aromatic rings. The van der Waals surface area contributed by atoms with Crippen molar-refractivity contribution in [1.29, 1.82) is 0 Å². The zero-order chi connectivity index (χ0) is 14.0. The summed E-state index contributed by atoms with van der Waals surface area (Å²) in [7, 11) is -3.75. The first-order chi connectivity index (χ1) is 8.88. The molecule has 2 N–H and O–H groups in total. The van der Waals surface area contributed by atoms with Crippen LogP contribution >= 0.6 is 11.6 Å². The largest absolute Gasteiger partial charge is 0.465 e. The average molecular weight is 303 g/mol. The Morgan fingerprint density at radius 2 is 2.16 bits per heavy atom. The first-order valence-electron chi connectivity index (χ1n) is 5.32. The van der Waals surface area contributed by atoms with Crippen molar-refractivity contribution in [2.45, 2.75) is 18.4 Å². The number of furan rings is 1. The molecule has 102 valence electrons. The Kier molecular flexibility index (Phi) is 3.79. The van der Waals surface area contributed by atoms with Crippen molar-refractivity contribution in [3.05, 3.63) is 51.3 Å². The van der Waals surface area contributed by atoms with Gasteiger partial charge in [-0.15, -0.1) is 0 Å². The maximum Gasteiger partial charge on any atom is 0.266 e. The van der Waals surface area contributed by atoms with Crippen molar-refractivity contribution < 1.29 is 12.8 Å². The molecule has 0 saturated carbocycles. The molecule has 2 heterocycles. The van der Waals surface area contributed by atoms with Gasteiger partial charge in [0.05, 0.1) is 11.4 Å². The lowest BCUT2D eigenvalue weighted by atomic mass is 10.4. The van der Waals surface area contributed by atoms with Crippen LogP contribution in [0.4, 0.5) is 0 Å². The number of aryl methyl sites for hydroxylation is 1. The topological polar surface area (TPSA) is 92.2 Å². The predicted octanol–water partition coefficient (Wildman–Crippen LogP) is 1.41. The summed E-state index contributed by atoms with van der Waals surface area (Å²) in [6.07, 6.45) is 1.09. The number of hydrogen-bond acceptors (Lipinski definition) is 4. The van der Waals surface area contributed by atoms with Crippen LogP contribution in [0.1, 0.15) is 11.5 Å². The van der Waals surface area contributed by atoms with Crippen LogP contribution in [0.5, 0.6) is 0 Å². The number of sulfonamides is 1. The van der Waals surface area contributed by atoms with Crippen molar-refractivity contribution >= 4 is 21.6 Å². The number of hydrogen-bond donors (Lipinski definition) is 2. The third-order valence-electron chi connectivity index (χ3n) is 2.37. The molecular weight excluding hydrogens is 292 g/mol. The molecule has 0 aromatic carbocycles. The zero-order valence-corrected chi connectivity index (χ0v) is 11.5. The van der Waals surface area contributed by atoms with E-state index in [1.807, 2.05) is 0 Å². The number of rotatable bonds is 4. The van der Waals surface area contributed by atoms with Gasteiger partial charge in [-0.1, -0.05) is 11.6 Å². The van der Waals surface area contributed by atoms with Gasteiger partial charge >= 0.3 is 0 Å². The molecule has 0 fully saturated rings. The minimum atomic E-state index is -3.75. The highest BCUT2D eigenvalue weighted by molar-refractivity contribution is 7.89. The Morgan fingerprint density at radius 1 is 1.42 bits per heavy atom. The maximum absolute atomic E-state index is 11.9. The van der Waals surface area contributed by atoms with Gasteiger partial charge in [0.2, 0.25) is 10.0 Å². The van der Waals surface area contributed by atoms with Gasteiger partial charge < -0.3 is 9.40 Å². The Labute approximate surface area is 114 Å². The van der Waals surface area contributed by atoms with E-state index in [2.05, 4.69) is 9.71 Å². The van der Waals surface area contributed by atoms with Crippen molar-refractivity contribution in [1.82, 2.24) is 9.71 Å². The molecule has 8 heteroatoms. The second-order valence-electron chi connectivity index (χ2n) is 3.85. The summed E-state index contributed by atoms with van der Waals surface area (Å²) in [5.74, 6) is 1.19. The highest BCUT2D eigenvalue weighted by Gasteiger charge is 2.16. The van der Waals surface area contributed by atoms with E-state index in [1.165, 1.54) is 0 Å². The van der Waals surface area contributed by atoms with Gasteiger partial charge in [0.25, 0.3) is 5.56 Å². The fourth-order valence-electron chi connectivity index (χ4n) is 1.42. The standard InChI is InChI=1S/C11H11ClN2O4S/c1-7-2-3-8(18-7)5-14-19(16,17)9-4-10(12)11(15)13-6-9/h2-4,6,14H,5H2,1H3,(H,13,15). The van der Waals surface area contributed by atoms with Gasteiger partial charge in [0.15, 0.2) is 0 Å². The summed E-state index contributed by atoms with van der Waals surface area (Å²) in [5, 5.41) is -0.184. The van der Waals surface area contributed by atoms with Crippen LogP contribution < -0.4 is 10.3 Å². The second-order valence-corrected chi connectivity index (χ2v) is 6.02. The molecule has 0 radical (unpaired) electrons. The number of pyridine rings is 1. The molecule has 6 nitrogen and oxygen atoms in total. The van der Waals surface area contributed by atoms with Gasteiger partial charge in [-0.05, 0) is 25.1 Å². The van der Waals surface area contributed by atoms with E-state index in [0.717, 1.165) is 12.3 Å². The van der Waals surface area contributed by atoms with Gasteiger partial charge in [0.1, 0.15) is 16.5 Å². The summed E-state index contributed by atoms with van der Waals surface area (Å²) in [6, 6.07) is 4.51. The first-order valence-corrected chi connectivity index (χ1v) is 7.18. The van der Waals surface area contributed by atoms with Gasteiger partial charge in [-0.2, -0.15) is 0 Å². The SMILES string of the molecule is Cc1ccc(CNS(=O)(=O)c2c[nH]c(=O)c(Cl)c2)o1. The summed E-state index contributed by atoms with van der Waals surface area (Å²) < 4.78 is 31.5. The number of aromatic nitrogens is 1. The third-order valence-corrected chi connectivity index (χ3v) is 4.04. The van der Waals surface area contributed by atoms with Crippen LogP contribution in [0.15, 0.2) is 38.5 Å². The lowest BCUT2D eigenvalue weighted by Crippen LogP contribution is -2.24. The molecule has 0 aliphatic carbocycles. The van der Waals surface area contributed by atoms with Crippen LogP contribution in [-0.2, 0) is 16.6 Å². The van der Waals surface area contributed by atoms with Crippen molar-refractivity contribution in [3.63, 3.8) is 0 Å². The van der Waals surface area contributed by atoms with E-state index in [9.17, 15) is 13.2 Å². The van der Waals surface area contributed by atoms with E-state index in [4.69, 9.17) is 16.0 Å². The summed E-state index contributed by atoms with van der Waals surface area (Å²) in [4.78, 5) is 13.2. The quantitative estimate of drug-likeness (QED) is 0.893. The Balaban J connectivity index is 2.18. The lowest BCUT2D eigenvalue weighted by molar-refractivity contribution is 0.475. The molecule has 0 aliphatic heterocycles. The number of halogens is 1. The minimum Gasteiger partial charge on any atom is -0.465 e. The maximum atomic E-state index is 11.9. The molecule has 0 atom stereocenters. The molecule has 2 rings (SSSR count). The Morgan fingerprint density at radius 3 is 2.74 bits per heavy atom. The van der Waals surface area contributed by atoms with Gasteiger partial charge in [0, 0.05) is 6.20 Å². The summed E-state index contributed by atoms with van der Waals surface area (Å²) in [5.41, 5.74) is -0.540. The predicted molar refractivity (Wildman–Crippen MR) is 69.5 cm³/mol. The molecule has 0 bridgehead atoms. The second kappa shape index (κ2) is 5.20. The first kappa shape index (κ1) is 13.9. The monoisotopic (exact) mass is 302 g/mol. The van der Waals surface area contributed by atoms with Gasteiger partial charge in [-0.3, -0.25) is 4.79 Å². The average Bonchev–Trinajstić information content (AvgIpc) is 2.76. The number of H-pyrrole nitrogens is 1. The Hall–Kier alpha value is -1.57. The molecule has 0 amide bonds. The van der Waals surface area contributed by atoms with Crippen LogP contribution in [0.25, 0.3) is 0 Å². The highest BCUT2D eigenvalue weighted by Crippen LogP contribution is 2.12. The number of aromatic amines is 1. The molecule has 0 saturated heterocycles. The number of nitrogens with one attached hydrogen (secondary N) is 2. The molecule has 0 spiro atoms.